The van der Waals surface area contributed by atoms with Crippen LogP contribution in [0.3, 0.4) is 0 Å². The number of hydrogen-bond acceptors (Lipinski definition) is 3. The zero-order valence-electron chi connectivity index (χ0n) is 9.09. The number of H-pyrrole nitrogens is 1. The Balaban J connectivity index is 1.79. The van der Waals surface area contributed by atoms with Crippen molar-refractivity contribution in [3.63, 3.8) is 0 Å². The van der Waals surface area contributed by atoms with Crippen LogP contribution in [0.25, 0.3) is 11.0 Å². The molecule has 0 amide bonds. The molecule has 0 radical (unpaired) electrons. The van der Waals surface area contributed by atoms with E-state index in [0.717, 1.165) is 29.0 Å². The van der Waals surface area contributed by atoms with Crippen molar-refractivity contribution in [3.8, 4) is 0 Å². The Hall–Kier alpha value is -1.49. The van der Waals surface area contributed by atoms with Crippen molar-refractivity contribution in [2.24, 2.45) is 5.92 Å². The van der Waals surface area contributed by atoms with E-state index >= 15 is 0 Å². The smallest absolute Gasteiger partial charge is 0.307 e. The summed E-state index contributed by atoms with van der Waals surface area (Å²) in [5.41, 5.74) is 1.93. The molecule has 88 valence electrons. The Morgan fingerprint density at radius 3 is 2.88 bits per heavy atom. The lowest BCUT2D eigenvalue weighted by atomic mass is 9.85. The molecular weight excluding hydrogens is 236 g/mol. The molecule has 3 rings (SSSR count). The van der Waals surface area contributed by atoms with Crippen molar-refractivity contribution >= 4 is 28.8 Å². The van der Waals surface area contributed by atoms with Gasteiger partial charge in [-0.1, -0.05) is 23.9 Å². The van der Waals surface area contributed by atoms with Crippen LogP contribution in [-0.2, 0) is 4.79 Å². The molecule has 1 aliphatic rings. The lowest BCUT2D eigenvalue weighted by molar-refractivity contribution is -0.144. The van der Waals surface area contributed by atoms with Gasteiger partial charge in [0.25, 0.3) is 0 Å². The van der Waals surface area contributed by atoms with Crippen molar-refractivity contribution in [2.45, 2.75) is 23.2 Å². The maximum Gasteiger partial charge on any atom is 0.307 e. The number of carboxylic acids is 1. The molecule has 1 aromatic heterocycles. The predicted molar refractivity (Wildman–Crippen MR) is 66.1 cm³/mol. The van der Waals surface area contributed by atoms with Gasteiger partial charge < -0.3 is 10.1 Å². The van der Waals surface area contributed by atoms with E-state index < -0.39 is 5.97 Å². The van der Waals surface area contributed by atoms with E-state index in [9.17, 15) is 4.79 Å². The minimum absolute atomic E-state index is 0.160. The number of imidazole rings is 1. The first-order valence-corrected chi connectivity index (χ1v) is 6.46. The zero-order chi connectivity index (χ0) is 11.8. The summed E-state index contributed by atoms with van der Waals surface area (Å²) < 4.78 is 0. The van der Waals surface area contributed by atoms with Gasteiger partial charge in [0, 0.05) is 5.25 Å². The lowest BCUT2D eigenvalue weighted by Gasteiger charge is -2.31. The van der Waals surface area contributed by atoms with Gasteiger partial charge in [0.15, 0.2) is 5.16 Å². The molecule has 1 fully saturated rings. The highest BCUT2D eigenvalue weighted by atomic mass is 32.2. The normalized spacial score (nSPS) is 23.5. The second-order valence-electron chi connectivity index (χ2n) is 4.24. The molecule has 0 saturated heterocycles. The van der Waals surface area contributed by atoms with Gasteiger partial charge in [0.2, 0.25) is 0 Å². The maximum absolute atomic E-state index is 10.9. The van der Waals surface area contributed by atoms with Gasteiger partial charge in [-0.2, -0.15) is 0 Å². The van der Waals surface area contributed by atoms with Crippen molar-refractivity contribution in [1.29, 1.82) is 0 Å². The van der Waals surface area contributed by atoms with Gasteiger partial charge >= 0.3 is 5.97 Å². The standard InChI is InChI=1S/C12H12N2O2S/c15-11(16)7-5-6-10(7)17-12-13-8-3-1-2-4-9(8)14-12/h1-4,7,10H,5-6H2,(H,13,14)(H,15,16). The third-order valence-corrected chi connectivity index (χ3v) is 4.44. The van der Waals surface area contributed by atoms with E-state index in [0.29, 0.717) is 0 Å². The number of para-hydroxylation sites is 2. The molecule has 2 atom stereocenters. The average Bonchev–Trinajstić information content (AvgIpc) is 2.65. The molecular formula is C12H12N2O2S. The molecule has 0 bridgehead atoms. The molecule has 1 aromatic carbocycles. The molecule has 1 saturated carbocycles. The number of fused-ring (bicyclic) bond motifs is 1. The van der Waals surface area contributed by atoms with Crippen LogP contribution in [-0.4, -0.2) is 26.3 Å². The summed E-state index contributed by atoms with van der Waals surface area (Å²) in [7, 11) is 0. The highest BCUT2D eigenvalue weighted by Crippen LogP contribution is 2.40. The number of thioether (sulfide) groups is 1. The van der Waals surface area contributed by atoms with Crippen LogP contribution in [0, 0.1) is 5.92 Å². The van der Waals surface area contributed by atoms with Crippen LogP contribution in [0.2, 0.25) is 0 Å². The summed E-state index contributed by atoms with van der Waals surface area (Å²) in [6.45, 7) is 0. The Bertz CT molecular complexity index is 533. The molecule has 0 spiro atoms. The molecule has 2 N–H and O–H groups in total. The van der Waals surface area contributed by atoms with Crippen LogP contribution in [0.4, 0.5) is 0 Å². The highest BCUT2D eigenvalue weighted by molar-refractivity contribution is 7.99. The fraction of sp³-hybridized carbons (Fsp3) is 0.333. The monoisotopic (exact) mass is 248 g/mol. The summed E-state index contributed by atoms with van der Waals surface area (Å²) >= 11 is 1.55. The number of aromatic nitrogens is 2. The first-order chi connectivity index (χ1) is 8.24. The number of carboxylic acid groups (broad SMARTS) is 1. The Kier molecular flexibility index (Phi) is 2.55. The summed E-state index contributed by atoms with van der Waals surface area (Å²) in [5, 5.41) is 9.96. The Morgan fingerprint density at radius 2 is 2.24 bits per heavy atom. The van der Waals surface area contributed by atoms with E-state index in [1.54, 1.807) is 11.8 Å². The molecule has 17 heavy (non-hydrogen) atoms. The fourth-order valence-electron chi connectivity index (χ4n) is 2.02. The van der Waals surface area contributed by atoms with Gasteiger partial charge in [-0.05, 0) is 25.0 Å². The first kappa shape index (κ1) is 10.7. The molecule has 4 nitrogen and oxygen atoms in total. The molecule has 5 heteroatoms. The van der Waals surface area contributed by atoms with Crippen LogP contribution in [0.15, 0.2) is 29.4 Å². The number of aliphatic carboxylic acids is 1. The SMILES string of the molecule is O=C(O)C1CCC1Sc1nc2ccccc2[nH]1. The molecule has 0 aliphatic heterocycles. The van der Waals surface area contributed by atoms with Crippen molar-refractivity contribution in [2.75, 3.05) is 0 Å². The molecule has 2 aromatic rings. The van der Waals surface area contributed by atoms with Crippen molar-refractivity contribution in [1.82, 2.24) is 9.97 Å². The minimum Gasteiger partial charge on any atom is -0.481 e. The van der Waals surface area contributed by atoms with Crippen molar-refractivity contribution in [3.05, 3.63) is 24.3 Å². The van der Waals surface area contributed by atoms with Gasteiger partial charge in [-0.25, -0.2) is 4.98 Å². The second kappa shape index (κ2) is 4.07. The minimum atomic E-state index is -0.690. The van der Waals surface area contributed by atoms with E-state index in [4.69, 9.17) is 5.11 Å². The largest absolute Gasteiger partial charge is 0.481 e. The predicted octanol–water partition coefficient (Wildman–Crippen LogP) is 2.52. The maximum atomic E-state index is 10.9. The lowest BCUT2D eigenvalue weighted by Crippen LogP contribution is -2.35. The van der Waals surface area contributed by atoms with Gasteiger partial charge in [0.1, 0.15) is 0 Å². The summed E-state index contributed by atoms with van der Waals surface area (Å²) in [4.78, 5) is 18.6. The summed E-state index contributed by atoms with van der Waals surface area (Å²) in [6, 6.07) is 7.83. The number of nitrogens with zero attached hydrogens (tertiary/aromatic N) is 1. The zero-order valence-corrected chi connectivity index (χ0v) is 9.91. The number of nitrogens with one attached hydrogen (secondary N) is 1. The number of carbonyl (C=O) groups is 1. The highest BCUT2D eigenvalue weighted by Gasteiger charge is 2.37. The summed E-state index contributed by atoms with van der Waals surface area (Å²) in [5.74, 6) is -0.905. The Labute approximate surface area is 102 Å². The van der Waals surface area contributed by atoms with Crippen LogP contribution >= 0.6 is 11.8 Å². The van der Waals surface area contributed by atoms with E-state index in [2.05, 4.69) is 9.97 Å². The topological polar surface area (TPSA) is 66.0 Å². The van der Waals surface area contributed by atoms with Gasteiger partial charge in [-0.3, -0.25) is 4.79 Å². The van der Waals surface area contributed by atoms with Crippen LogP contribution < -0.4 is 0 Å². The summed E-state index contributed by atoms with van der Waals surface area (Å²) in [6.07, 6.45) is 1.74. The second-order valence-corrected chi connectivity index (χ2v) is 5.47. The average molecular weight is 248 g/mol. The number of hydrogen-bond donors (Lipinski definition) is 2. The van der Waals surface area contributed by atoms with E-state index in [-0.39, 0.29) is 11.2 Å². The Morgan fingerprint density at radius 1 is 1.41 bits per heavy atom. The third-order valence-electron chi connectivity index (χ3n) is 3.16. The number of aromatic amines is 1. The quantitative estimate of drug-likeness (QED) is 0.876. The van der Waals surface area contributed by atoms with E-state index in [1.165, 1.54) is 0 Å². The molecule has 2 unspecified atom stereocenters. The van der Waals surface area contributed by atoms with Crippen LogP contribution in [0.5, 0.6) is 0 Å². The molecule has 1 heterocycles. The van der Waals surface area contributed by atoms with E-state index in [1.807, 2.05) is 24.3 Å². The van der Waals surface area contributed by atoms with Crippen LogP contribution in [0.1, 0.15) is 12.8 Å². The van der Waals surface area contributed by atoms with Crippen molar-refractivity contribution < 1.29 is 9.90 Å². The third kappa shape index (κ3) is 1.91. The van der Waals surface area contributed by atoms with Gasteiger partial charge in [0.05, 0.1) is 17.0 Å². The molecule has 1 aliphatic carbocycles. The number of benzene rings is 1. The first-order valence-electron chi connectivity index (χ1n) is 5.58. The fourth-order valence-corrected chi connectivity index (χ4v) is 3.30. The number of rotatable bonds is 3. The van der Waals surface area contributed by atoms with Gasteiger partial charge in [-0.15, -0.1) is 0 Å².